The molecule has 102 valence electrons. The van der Waals surface area contributed by atoms with Crippen molar-refractivity contribution in [2.24, 2.45) is 0 Å². The van der Waals surface area contributed by atoms with E-state index < -0.39 is 6.10 Å². The highest BCUT2D eigenvalue weighted by Gasteiger charge is 2.22. The maximum atomic E-state index is 12.0. The summed E-state index contributed by atoms with van der Waals surface area (Å²) in [5.74, 6) is 0.630. The summed E-state index contributed by atoms with van der Waals surface area (Å²) in [7, 11) is 1.68. The number of nitrogens with zero attached hydrogens (tertiary/aromatic N) is 3. The van der Waals surface area contributed by atoms with E-state index in [-0.39, 0.29) is 17.1 Å². The monoisotopic (exact) mass is 254 g/mol. The average Bonchev–Trinajstić information content (AvgIpc) is 2.73. The fraction of sp³-hybridized carbons (Fsp3) is 0.750. The Morgan fingerprint density at radius 3 is 2.56 bits per heavy atom. The highest BCUT2D eigenvalue weighted by molar-refractivity contribution is 5.90. The first-order valence-electron chi connectivity index (χ1n) is 6.08. The number of hydrogen-bond acceptors (Lipinski definition) is 4. The van der Waals surface area contributed by atoms with Crippen LogP contribution >= 0.6 is 0 Å². The first-order chi connectivity index (χ1) is 8.21. The Balaban J connectivity index is 2.70. The van der Waals surface area contributed by atoms with Crippen LogP contribution in [0.5, 0.6) is 0 Å². The lowest BCUT2D eigenvalue weighted by Crippen LogP contribution is -2.30. The van der Waals surface area contributed by atoms with Crippen LogP contribution in [0, 0.1) is 0 Å². The minimum Gasteiger partial charge on any atom is -0.393 e. The van der Waals surface area contributed by atoms with Gasteiger partial charge in [-0.3, -0.25) is 9.89 Å². The molecule has 0 spiro atoms. The maximum Gasteiger partial charge on any atom is 0.293 e. The summed E-state index contributed by atoms with van der Waals surface area (Å²) in [6, 6.07) is 0. The molecule has 18 heavy (non-hydrogen) atoms. The van der Waals surface area contributed by atoms with E-state index >= 15 is 0 Å². The van der Waals surface area contributed by atoms with Crippen LogP contribution in [0.2, 0.25) is 0 Å². The summed E-state index contributed by atoms with van der Waals surface area (Å²) in [5.41, 5.74) is -0.163. The summed E-state index contributed by atoms with van der Waals surface area (Å²) in [5, 5.41) is 15.9. The summed E-state index contributed by atoms with van der Waals surface area (Å²) < 4.78 is 0. The third-order valence-corrected chi connectivity index (χ3v) is 2.62. The van der Waals surface area contributed by atoms with Gasteiger partial charge in [-0.1, -0.05) is 20.8 Å². The topological polar surface area (TPSA) is 82.1 Å². The van der Waals surface area contributed by atoms with Crippen LogP contribution in [0.4, 0.5) is 0 Å². The van der Waals surface area contributed by atoms with Crippen LogP contribution in [-0.4, -0.2) is 50.8 Å². The molecule has 1 aromatic rings. The molecule has 0 aliphatic heterocycles. The summed E-state index contributed by atoms with van der Waals surface area (Å²) in [4.78, 5) is 17.7. The molecular weight excluding hydrogens is 232 g/mol. The number of aliphatic hydroxyl groups is 1. The Morgan fingerprint density at radius 1 is 1.50 bits per heavy atom. The molecule has 0 saturated heterocycles. The van der Waals surface area contributed by atoms with Crippen LogP contribution in [0.3, 0.4) is 0 Å². The zero-order valence-electron chi connectivity index (χ0n) is 11.7. The lowest BCUT2D eigenvalue weighted by molar-refractivity contribution is 0.0757. The molecular formula is C12H22N4O2. The molecule has 6 heteroatoms. The number of carbonyl (C=O) groups is 1. The molecule has 2 N–H and O–H groups in total. The Bertz CT molecular complexity index is 406. The summed E-state index contributed by atoms with van der Waals surface area (Å²) >= 11 is 0. The van der Waals surface area contributed by atoms with E-state index in [4.69, 9.17) is 0 Å². The first-order valence-corrected chi connectivity index (χ1v) is 6.08. The van der Waals surface area contributed by atoms with Crippen molar-refractivity contribution >= 4 is 5.91 Å². The number of aromatic amines is 1. The van der Waals surface area contributed by atoms with Crippen molar-refractivity contribution in [3.8, 4) is 0 Å². The van der Waals surface area contributed by atoms with Gasteiger partial charge in [-0.15, -0.1) is 5.10 Å². The highest BCUT2D eigenvalue weighted by Crippen LogP contribution is 2.17. The molecule has 1 rings (SSSR count). The van der Waals surface area contributed by atoms with Crippen molar-refractivity contribution in [1.29, 1.82) is 0 Å². The predicted molar refractivity (Wildman–Crippen MR) is 68.3 cm³/mol. The van der Waals surface area contributed by atoms with Gasteiger partial charge >= 0.3 is 0 Å². The van der Waals surface area contributed by atoms with E-state index in [9.17, 15) is 9.90 Å². The molecule has 0 aliphatic carbocycles. The first kappa shape index (κ1) is 14.6. The second-order valence-corrected chi connectivity index (χ2v) is 5.62. The van der Waals surface area contributed by atoms with Crippen molar-refractivity contribution in [1.82, 2.24) is 20.1 Å². The van der Waals surface area contributed by atoms with Gasteiger partial charge in [-0.2, -0.15) is 0 Å². The molecule has 0 radical (unpaired) electrons. The van der Waals surface area contributed by atoms with Gasteiger partial charge in [0.1, 0.15) is 5.82 Å². The van der Waals surface area contributed by atoms with Crippen molar-refractivity contribution in [2.75, 3.05) is 13.6 Å². The van der Waals surface area contributed by atoms with E-state index in [1.807, 2.05) is 20.8 Å². The third kappa shape index (κ3) is 3.80. The second kappa shape index (κ2) is 5.48. The minimum absolute atomic E-state index is 0.163. The highest BCUT2D eigenvalue weighted by atomic mass is 16.3. The van der Waals surface area contributed by atoms with Crippen LogP contribution in [0.25, 0.3) is 0 Å². The summed E-state index contributed by atoms with van der Waals surface area (Å²) in [6.45, 7) is 8.18. The van der Waals surface area contributed by atoms with E-state index in [1.54, 1.807) is 14.0 Å². The number of nitrogens with one attached hydrogen (secondary N) is 1. The Labute approximate surface area is 107 Å². The molecule has 1 amide bonds. The van der Waals surface area contributed by atoms with Crippen molar-refractivity contribution in [2.45, 2.75) is 45.6 Å². The number of amides is 1. The Morgan fingerprint density at radius 2 is 2.11 bits per heavy atom. The van der Waals surface area contributed by atoms with E-state index in [2.05, 4.69) is 15.2 Å². The number of aliphatic hydroxyl groups excluding tert-OH is 1. The summed E-state index contributed by atoms with van der Waals surface area (Å²) in [6.07, 6.45) is 0.122. The zero-order valence-corrected chi connectivity index (χ0v) is 11.7. The largest absolute Gasteiger partial charge is 0.393 e. The van der Waals surface area contributed by atoms with Gasteiger partial charge in [-0.25, -0.2) is 4.98 Å². The lowest BCUT2D eigenvalue weighted by atomic mass is 9.96. The molecule has 6 nitrogen and oxygen atoms in total. The van der Waals surface area contributed by atoms with Gasteiger partial charge in [-0.05, 0) is 13.3 Å². The normalized spacial score (nSPS) is 13.4. The van der Waals surface area contributed by atoms with E-state index in [0.29, 0.717) is 18.8 Å². The van der Waals surface area contributed by atoms with E-state index in [0.717, 1.165) is 0 Å². The zero-order chi connectivity index (χ0) is 13.9. The van der Waals surface area contributed by atoms with Crippen LogP contribution in [0.1, 0.15) is 50.6 Å². The molecule has 0 bridgehead atoms. The van der Waals surface area contributed by atoms with Gasteiger partial charge in [0.15, 0.2) is 0 Å². The van der Waals surface area contributed by atoms with Gasteiger partial charge in [0, 0.05) is 19.0 Å². The van der Waals surface area contributed by atoms with Gasteiger partial charge < -0.3 is 10.0 Å². The number of rotatable bonds is 4. The van der Waals surface area contributed by atoms with Crippen LogP contribution < -0.4 is 0 Å². The number of H-pyrrole nitrogens is 1. The predicted octanol–water partition coefficient (Wildman–Crippen LogP) is 0.945. The Hall–Kier alpha value is -1.43. The quantitative estimate of drug-likeness (QED) is 0.838. The van der Waals surface area contributed by atoms with Crippen molar-refractivity contribution in [3.05, 3.63) is 11.6 Å². The van der Waals surface area contributed by atoms with Crippen LogP contribution in [-0.2, 0) is 5.41 Å². The number of hydrogen-bond donors (Lipinski definition) is 2. The molecule has 1 atom stereocenters. The van der Waals surface area contributed by atoms with Crippen LogP contribution in [0.15, 0.2) is 0 Å². The standard InChI is InChI=1S/C12H22N4O2/c1-8(17)6-7-16(5)10(18)9-13-11(15-14-9)12(2,3)4/h8,17H,6-7H2,1-5H3,(H,13,14,15). The SMILES string of the molecule is CC(O)CCN(C)C(=O)c1n[nH]c(C(C)(C)C)n1. The second-order valence-electron chi connectivity index (χ2n) is 5.62. The maximum absolute atomic E-state index is 12.0. The molecule has 0 aromatic carbocycles. The molecule has 1 heterocycles. The fourth-order valence-corrected chi connectivity index (χ4v) is 1.35. The van der Waals surface area contributed by atoms with Crippen molar-refractivity contribution in [3.63, 3.8) is 0 Å². The molecule has 1 aromatic heterocycles. The molecule has 0 fully saturated rings. The number of carbonyl (C=O) groups excluding carboxylic acids is 1. The lowest BCUT2D eigenvalue weighted by Gasteiger charge is -2.16. The van der Waals surface area contributed by atoms with Gasteiger partial charge in [0.25, 0.3) is 5.91 Å². The van der Waals surface area contributed by atoms with Crippen molar-refractivity contribution < 1.29 is 9.90 Å². The van der Waals surface area contributed by atoms with Gasteiger partial charge in [0.05, 0.1) is 6.10 Å². The molecule has 0 saturated carbocycles. The smallest absolute Gasteiger partial charge is 0.293 e. The average molecular weight is 254 g/mol. The molecule has 0 aliphatic rings. The minimum atomic E-state index is -0.419. The fourth-order valence-electron chi connectivity index (χ4n) is 1.35. The van der Waals surface area contributed by atoms with E-state index in [1.165, 1.54) is 4.90 Å². The number of aromatic nitrogens is 3. The molecule has 1 unspecified atom stereocenters. The van der Waals surface area contributed by atoms with Gasteiger partial charge in [0.2, 0.25) is 5.82 Å². The Kier molecular flexibility index (Phi) is 4.45. The third-order valence-electron chi connectivity index (χ3n) is 2.62.